The van der Waals surface area contributed by atoms with Gasteiger partial charge in [-0.25, -0.2) is 0 Å². The summed E-state index contributed by atoms with van der Waals surface area (Å²) in [7, 11) is 0. The van der Waals surface area contributed by atoms with Crippen LogP contribution in [0.15, 0.2) is 231 Å². The molecule has 0 radical (unpaired) electrons. The van der Waals surface area contributed by atoms with Crippen LogP contribution >= 0.6 is 11.3 Å². The first-order valence-electron chi connectivity index (χ1n) is 20.8. The minimum absolute atomic E-state index is 1.09. The molecule has 0 aliphatic rings. The van der Waals surface area contributed by atoms with Gasteiger partial charge in [-0.3, -0.25) is 0 Å². The highest BCUT2D eigenvalue weighted by Crippen LogP contribution is 2.44. The zero-order valence-electron chi connectivity index (χ0n) is 33.2. The maximum absolute atomic E-state index is 2.44. The maximum Gasteiger partial charge on any atom is 0.0619 e. The Morgan fingerprint density at radius 3 is 1.75 bits per heavy atom. The molecule has 0 amide bonds. The zero-order valence-corrected chi connectivity index (χ0v) is 34.1. The molecule has 0 unspecified atom stereocenters. The first-order valence-corrected chi connectivity index (χ1v) is 21.7. The van der Waals surface area contributed by atoms with Crippen LogP contribution in [0, 0.1) is 0 Å². The lowest BCUT2D eigenvalue weighted by Gasteiger charge is -2.28. The van der Waals surface area contributed by atoms with Crippen LogP contribution in [0.1, 0.15) is 0 Å². The fourth-order valence-electron chi connectivity index (χ4n) is 9.37. The number of nitrogens with zero attached hydrogens (tertiary/aromatic N) is 2. The van der Waals surface area contributed by atoms with Gasteiger partial charge >= 0.3 is 0 Å². The lowest BCUT2D eigenvalue weighted by Crippen LogP contribution is -2.11. The summed E-state index contributed by atoms with van der Waals surface area (Å²) >= 11 is 1.86. The molecule has 0 N–H and O–H groups in total. The van der Waals surface area contributed by atoms with Crippen molar-refractivity contribution in [1.29, 1.82) is 0 Å². The Balaban J connectivity index is 0.986. The predicted molar refractivity (Wildman–Crippen MR) is 262 cm³/mol. The van der Waals surface area contributed by atoms with Crippen molar-refractivity contribution in [3.05, 3.63) is 231 Å². The molecule has 0 aliphatic heterocycles. The van der Waals surface area contributed by atoms with E-state index in [-0.39, 0.29) is 0 Å². The van der Waals surface area contributed by atoms with Crippen LogP contribution in [0.3, 0.4) is 0 Å². The summed E-state index contributed by atoms with van der Waals surface area (Å²) in [5.74, 6) is 0. The number of benzene rings is 10. The first kappa shape index (κ1) is 35.2. The van der Waals surface area contributed by atoms with Crippen LogP contribution in [0.4, 0.5) is 17.1 Å². The molecule has 0 saturated heterocycles. The van der Waals surface area contributed by atoms with Crippen molar-refractivity contribution < 1.29 is 0 Å². The molecule has 10 aromatic carbocycles. The van der Waals surface area contributed by atoms with Crippen molar-refractivity contribution in [3.63, 3.8) is 0 Å². The number of thiophene rings is 1. The van der Waals surface area contributed by atoms with E-state index >= 15 is 0 Å². The molecule has 12 aromatic rings. The molecule has 0 atom stereocenters. The summed E-state index contributed by atoms with van der Waals surface area (Å²) < 4.78 is 5.08. The summed E-state index contributed by atoms with van der Waals surface area (Å²) in [6, 6.07) is 84.1. The van der Waals surface area contributed by atoms with E-state index in [1.165, 1.54) is 86.1 Å². The van der Waals surface area contributed by atoms with E-state index in [1.807, 2.05) is 11.3 Å². The molecule has 12 rings (SSSR count). The summed E-state index contributed by atoms with van der Waals surface area (Å²) in [5, 5.41) is 7.65. The standard InChI is InChI=1S/C58H38N2S/c1-3-14-40(15-4-1)47-19-9-11-23-53(47)59(46-34-28-42(29-35-46)48-22-13-25-56-57(48)52-21-10-12-24-55(52)61-56)45-32-26-39(27-33-45)43-31-36-50-51-37-30-41-16-7-8-20-49(41)58(51)60(54(50)38-43)44-17-5-2-6-18-44/h1-38H. The summed E-state index contributed by atoms with van der Waals surface area (Å²) in [4.78, 5) is 2.40. The molecular formula is C58H38N2S. The van der Waals surface area contributed by atoms with Gasteiger partial charge in [-0.1, -0.05) is 170 Å². The van der Waals surface area contributed by atoms with Gasteiger partial charge in [0.1, 0.15) is 0 Å². The quantitative estimate of drug-likeness (QED) is 0.156. The summed E-state index contributed by atoms with van der Waals surface area (Å²) in [6.07, 6.45) is 0. The van der Waals surface area contributed by atoms with Crippen LogP contribution in [0.2, 0.25) is 0 Å². The van der Waals surface area contributed by atoms with E-state index in [1.54, 1.807) is 0 Å². The highest BCUT2D eigenvalue weighted by molar-refractivity contribution is 7.25. The maximum atomic E-state index is 2.44. The fraction of sp³-hybridized carbons (Fsp3) is 0. The van der Waals surface area contributed by atoms with E-state index < -0.39 is 0 Å². The van der Waals surface area contributed by atoms with Crippen molar-refractivity contribution in [1.82, 2.24) is 4.57 Å². The topological polar surface area (TPSA) is 8.17 Å². The Kier molecular flexibility index (Phi) is 8.39. The smallest absolute Gasteiger partial charge is 0.0619 e. The normalized spacial score (nSPS) is 11.6. The minimum Gasteiger partial charge on any atom is -0.310 e. The second-order valence-electron chi connectivity index (χ2n) is 15.7. The molecule has 0 aliphatic carbocycles. The van der Waals surface area contributed by atoms with Crippen LogP contribution in [0.25, 0.3) is 91.8 Å². The molecule has 2 aromatic heterocycles. The van der Waals surface area contributed by atoms with Gasteiger partial charge in [0.2, 0.25) is 0 Å². The fourth-order valence-corrected chi connectivity index (χ4v) is 10.5. The third-order valence-corrected chi connectivity index (χ3v) is 13.3. The molecule has 61 heavy (non-hydrogen) atoms. The lowest BCUT2D eigenvalue weighted by atomic mass is 9.98. The van der Waals surface area contributed by atoms with Crippen molar-refractivity contribution in [2.45, 2.75) is 0 Å². The highest BCUT2D eigenvalue weighted by Gasteiger charge is 2.20. The molecule has 2 nitrogen and oxygen atoms in total. The second kappa shape index (κ2) is 14.5. The van der Waals surface area contributed by atoms with E-state index in [9.17, 15) is 0 Å². The SMILES string of the molecule is c1ccc(-c2ccccc2N(c2ccc(-c3ccc4c5ccc6ccccc6c5n(-c5ccccc5)c4c3)cc2)c2ccc(-c3cccc4sc5ccccc5c34)cc2)cc1. The van der Waals surface area contributed by atoms with Crippen LogP contribution in [-0.4, -0.2) is 4.57 Å². The number of rotatable bonds is 7. The largest absolute Gasteiger partial charge is 0.310 e. The van der Waals surface area contributed by atoms with Crippen molar-refractivity contribution in [2.75, 3.05) is 4.90 Å². The average molecular weight is 795 g/mol. The highest BCUT2D eigenvalue weighted by atomic mass is 32.1. The van der Waals surface area contributed by atoms with Gasteiger partial charge in [0.25, 0.3) is 0 Å². The molecule has 2 heterocycles. The Morgan fingerprint density at radius 2 is 0.951 bits per heavy atom. The van der Waals surface area contributed by atoms with Gasteiger partial charge in [-0.2, -0.15) is 0 Å². The Morgan fingerprint density at radius 1 is 0.361 bits per heavy atom. The van der Waals surface area contributed by atoms with Crippen LogP contribution < -0.4 is 4.90 Å². The first-order chi connectivity index (χ1) is 30.3. The molecular weight excluding hydrogens is 757 g/mol. The predicted octanol–water partition coefficient (Wildman–Crippen LogP) is 16.8. The van der Waals surface area contributed by atoms with Crippen LogP contribution in [-0.2, 0) is 0 Å². The van der Waals surface area contributed by atoms with Gasteiger partial charge in [0, 0.05) is 59.0 Å². The summed E-state index contributed by atoms with van der Waals surface area (Å²) in [6.45, 7) is 0. The lowest BCUT2D eigenvalue weighted by molar-refractivity contribution is 1.19. The Hall–Kier alpha value is -7.72. The van der Waals surface area contributed by atoms with E-state index in [0.29, 0.717) is 0 Å². The number of hydrogen-bond donors (Lipinski definition) is 0. The number of anilines is 3. The zero-order chi connectivity index (χ0) is 40.3. The van der Waals surface area contributed by atoms with Crippen molar-refractivity contribution in [2.24, 2.45) is 0 Å². The van der Waals surface area contributed by atoms with Gasteiger partial charge in [-0.15, -0.1) is 11.3 Å². The molecule has 0 spiro atoms. The van der Waals surface area contributed by atoms with E-state index in [4.69, 9.17) is 0 Å². The molecule has 286 valence electrons. The minimum atomic E-state index is 1.09. The van der Waals surface area contributed by atoms with Gasteiger partial charge < -0.3 is 9.47 Å². The van der Waals surface area contributed by atoms with E-state index in [0.717, 1.165) is 22.7 Å². The van der Waals surface area contributed by atoms with Crippen LogP contribution in [0.5, 0.6) is 0 Å². The third kappa shape index (κ3) is 5.93. The molecule has 0 saturated carbocycles. The third-order valence-electron chi connectivity index (χ3n) is 12.2. The molecule has 0 bridgehead atoms. The van der Waals surface area contributed by atoms with Crippen molar-refractivity contribution >= 4 is 81.1 Å². The van der Waals surface area contributed by atoms with Crippen molar-refractivity contribution in [3.8, 4) is 39.1 Å². The van der Waals surface area contributed by atoms with Gasteiger partial charge in [0.05, 0.1) is 16.7 Å². The monoisotopic (exact) mass is 794 g/mol. The number of hydrogen-bond acceptors (Lipinski definition) is 2. The van der Waals surface area contributed by atoms with Gasteiger partial charge in [-0.05, 0) is 93.9 Å². The Bertz CT molecular complexity index is 3560. The van der Waals surface area contributed by atoms with Gasteiger partial charge in [0.15, 0.2) is 0 Å². The molecule has 3 heteroatoms. The molecule has 0 fully saturated rings. The average Bonchev–Trinajstić information content (AvgIpc) is 3.89. The Labute approximate surface area is 358 Å². The summed E-state index contributed by atoms with van der Waals surface area (Å²) in [5.41, 5.74) is 14.1. The second-order valence-corrected chi connectivity index (χ2v) is 16.8. The number of para-hydroxylation sites is 2. The van der Waals surface area contributed by atoms with E-state index in [2.05, 4.69) is 240 Å². The number of fused-ring (bicyclic) bond motifs is 8. The number of aromatic nitrogens is 1.